The number of hydrogen-bond donors (Lipinski definition) is 3. The summed E-state index contributed by atoms with van der Waals surface area (Å²) in [6.07, 6.45) is -1.81. The third-order valence-electron chi connectivity index (χ3n) is 5.25. The summed E-state index contributed by atoms with van der Waals surface area (Å²) < 4.78 is 40.1. The van der Waals surface area contributed by atoms with E-state index in [-0.39, 0.29) is 5.69 Å². The molecule has 0 unspecified atom stereocenters. The van der Waals surface area contributed by atoms with Crippen molar-refractivity contribution >= 4 is 11.7 Å². The molecule has 30 heavy (non-hydrogen) atoms. The van der Waals surface area contributed by atoms with Crippen molar-refractivity contribution in [2.24, 2.45) is 0 Å². The van der Waals surface area contributed by atoms with Gasteiger partial charge in [-0.3, -0.25) is 4.79 Å². The maximum atomic E-state index is 13.4. The molecule has 9 heteroatoms. The van der Waals surface area contributed by atoms with Crippen molar-refractivity contribution in [1.29, 1.82) is 0 Å². The third kappa shape index (κ3) is 3.40. The molecule has 1 aliphatic rings. The van der Waals surface area contributed by atoms with Gasteiger partial charge in [-0.1, -0.05) is 13.0 Å². The summed E-state index contributed by atoms with van der Waals surface area (Å²) in [5.74, 6) is 0.311. The van der Waals surface area contributed by atoms with Crippen LogP contribution in [0.5, 0.6) is 0 Å². The molecular weight excluding hydrogens is 395 g/mol. The molecule has 0 atom stereocenters. The molecule has 2 aromatic heterocycles. The van der Waals surface area contributed by atoms with Crippen molar-refractivity contribution in [2.45, 2.75) is 25.9 Å². The Hall–Kier alpha value is -3.36. The summed E-state index contributed by atoms with van der Waals surface area (Å²) in [4.78, 5) is 24.2. The van der Waals surface area contributed by atoms with Crippen LogP contribution < -0.4 is 10.6 Å². The summed E-state index contributed by atoms with van der Waals surface area (Å²) in [6.45, 7) is 2.59. The second kappa shape index (κ2) is 7.47. The SMILES string of the molecule is CCc1ccc(C(F)(F)F)cc1-c1cc(-c2ncnc3c2CCN3)[nH]c1C(=O)NC. The highest BCUT2D eigenvalue weighted by Gasteiger charge is 2.32. The molecule has 0 bridgehead atoms. The van der Waals surface area contributed by atoms with E-state index in [1.54, 1.807) is 6.07 Å². The number of benzene rings is 1. The Morgan fingerprint density at radius 2 is 2.00 bits per heavy atom. The molecule has 4 rings (SSSR count). The molecule has 3 heterocycles. The molecular formula is C21H20F3N5O. The minimum Gasteiger partial charge on any atom is -0.369 e. The van der Waals surface area contributed by atoms with Crippen molar-refractivity contribution in [3.8, 4) is 22.5 Å². The van der Waals surface area contributed by atoms with Crippen molar-refractivity contribution in [3.05, 3.63) is 53.0 Å². The summed E-state index contributed by atoms with van der Waals surface area (Å²) >= 11 is 0. The smallest absolute Gasteiger partial charge is 0.369 e. The van der Waals surface area contributed by atoms with Crippen LogP contribution in [0.4, 0.5) is 19.0 Å². The Bertz CT molecular complexity index is 1120. The highest BCUT2D eigenvalue weighted by atomic mass is 19.4. The van der Waals surface area contributed by atoms with Gasteiger partial charge in [-0.25, -0.2) is 9.97 Å². The number of aromatic nitrogens is 3. The van der Waals surface area contributed by atoms with Crippen LogP contribution in [0, 0.1) is 0 Å². The van der Waals surface area contributed by atoms with E-state index in [0.717, 1.165) is 36.5 Å². The fourth-order valence-corrected chi connectivity index (χ4v) is 3.75. The number of aromatic amines is 1. The standard InChI is InChI=1S/C21H20F3N5O/c1-3-11-4-5-12(21(22,23)24)8-14(11)15-9-16(29-18(15)20(30)25-2)17-13-6-7-26-19(13)28-10-27-17/h4-5,8-10,29H,3,6-7H2,1-2H3,(H,25,30)(H,26,27,28). The van der Waals surface area contributed by atoms with E-state index < -0.39 is 17.6 Å². The predicted molar refractivity (Wildman–Crippen MR) is 107 cm³/mol. The molecule has 0 aliphatic carbocycles. The molecule has 3 aromatic rings. The van der Waals surface area contributed by atoms with Crippen LogP contribution in [0.3, 0.4) is 0 Å². The zero-order valence-corrected chi connectivity index (χ0v) is 16.4. The normalized spacial score (nSPS) is 13.1. The molecule has 156 valence electrons. The number of anilines is 1. The Morgan fingerprint density at radius 1 is 1.20 bits per heavy atom. The minimum absolute atomic E-state index is 0.194. The van der Waals surface area contributed by atoms with Crippen LogP contribution in [-0.2, 0) is 19.0 Å². The van der Waals surface area contributed by atoms with Gasteiger partial charge in [0, 0.05) is 24.7 Å². The van der Waals surface area contributed by atoms with Crippen LogP contribution >= 0.6 is 0 Å². The first kappa shape index (κ1) is 19.9. The Balaban J connectivity index is 1.93. The second-order valence-electron chi connectivity index (χ2n) is 7.00. The zero-order valence-electron chi connectivity index (χ0n) is 16.4. The van der Waals surface area contributed by atoms with Gasteiger partial charge in [-0.2, -0.15) is 13.2 Å². The quantitative estimate of drug-likeness (QED) is 0.601. The molecule has 0 saturated carbocycles. The first-order valence-corrected chi connectivity index (χ1v) is 9.57. The maximum absolute atomic E-state index is 13.4. The molecule has 1 amide bonds. The monoisotopic (exact) mass is 415 g/mol. The van der Waals surface area contributed by atoms with Gasteiger partial charge in [0.05, 0.1) is 17.0 Å². The van der Waals surface area contributed by atoms with E-state index in [1.165, 1.54) is 19.4 Å². The number of nitrogens with one attached hydrogen (secondary N) is 3. The highest BCUT2D eigenvalue weighted by Crippen LogP contribution is 2.38. The van der Waals surface area contributed by atoms with E-state index in [2.05, 4.69) is 25.6 Å². The van der Waals surface area contributed by atoms with Gasteiger partial charge in [-0.15, -0.1) is 0 Å². The number of alkyl halides is 3. The van der Waals surface area contributed by atoms with Crippen LogP contribution in [0.2, 0.25) is 0 Å². The third-order valence-corrected chi connectivity index (χ3v) is 5.25. The van der Waals surface area contributed by atoms with Gasteiger partial charge >= 0.3 is 6.18 Å². The van der Waals surface area contributed by atoms with E-state index in [0.29, 0.717) is 34.5 Å². The van der Waals surface area contributed by atoms with Gasteiger partial charge in [0.1, 0.15) is 17.8 Å². The second-order valence-corrected chi connectivity index (χ2v) is 7.00. The number of hydrogen-bond acceptors (Lipinski definition) is 4. The number of rotatable bonds is 4. The molecule has 6 nitrogen and oxygen atoms in total. The zero-order chi connectivity index (χ0) is 21.5. The molecule has 0 fully saturated rings. The van der Waals surface area contributed by atoms with Crippen LogP contribution in [0.15, 0.2) is 30.6 Å². The van der Waals surface area contributed by atoms with Gasteiger partial charge in [0.25, 0.3) is 5.91 Å². The van der Waals surface area contributed by atoms with Crippen LogP contribution in [0.25, 0.3) is 22.5 Å². The average Bonchev–Trinajstić information content (AvgIpc) is 3.39. The number of nitrogens with zero attached hydrogens (tertiary/aromatic N) is 2. The molecule has 0 radical (unpaired) electrons. The van der Waals surface area contributed by atoms with E-state index in [9.17, 15) is 18.0 Å². The summed E-state index contributed by atoms with van der Waals surface area (Å²) in [6, 6.07) is 5.33. The van der Waals surface area contributed by atoms with Gasteiger partial charge < -0.3 is 15.6 Å². The maximum Gasteiger partial charge on any atom is 0.416 e. The number of carbonyl (C=O) groups excluding carboxylic acids is 1. The molecule has 3 N–H and O–H groups in total. The fraction of sp³-hybridized carbons (Fsp3) is 0.286. The first-order valence-electron chi connectivity index (χ1n) is 9.57. The lowest BCUT2D eigenvalue weighted by molar-refractivity contribution is -0.137. The fourth-order valence-electron chi connectivity index (χ4n) is 3.75. The number of halogens is 3. The Kier molecular flexibility index (Phi) is 4.97. The minimum atomic E-state index is -4.48. The summed E-state index contributed by atoms with van der Waals surface area (Å²) in [7, 11) is 1.48. The topological polar surface area (TPSA) is 82.7 Å². The van der Waals surface area contributed by atoms with Gasteiger partial charge in [0.2, 0.25) is 0 Å². The van der Waals surface area contributed by atoms with E-state index in [4.69, 9.17) is 0 Å². The Labute approximate surface area is 171 Å². The largest absolute Gasteiger partial charge is 0.416 e. The number of aryl methyl sites for hydroxylation is 1. The van der Waals surface area contributed by atoms with E-state index >= 15 is 0 Å². The lowest BCUT2D eigenvalue weighted by Gasteiger charge is -2.13. The van der Waals surface area contributed by atoms with Crippen molar-refractivity contribution in [1.82, 2.24) is 20.3 Å². The van der Waals surface area contributed by atoms with Crippen LogP contribution in [0.1, 0.15) is 34.1 Å². The summed E-state index contributed by atoms with van der Waals surface area (Å²) in [5.41, 5.74) is 3.04. The number of amides is 1. The number of carbonyl (C=O) groups is 1. The van der Waals surface area contributed by atoms with Gasteiger partial charge in [0.15, 0.2) is 0 Å². The van der Waals surface area contributed by atoms with Crippen molar-refractivity contribution in [2.75, 3.05) is 18.9 Å². The molecule has 0 spiro atoms. The predicted octanol–water partition coefficient (Wildman–Crippen LogP) is 4.05. The first-order chi connectivity index (χ1) is 14.3. The number of fused-ring (bicyclic) bond motifs is 1. The van der Waals surface area contributed by atoms with E-state index in [1.807, 2.05) is 6.92 Å². The Morgan fingerprint density at radius 3 is 2.70 bits per heavy atom. The van der Waals surface area contributed by atoms with Crippen molar-refractivity contribution in [3.63, 3.8) is 0 Å². The lowest BCUT2D eigenvalue weighted by atomic mass is 9.95. The van der Waals surface area contributed by atoms with Crippen LogP contribution in [-0.4, -0.2) is 34.5 Å². The number of H-pyrrole nitrogens is 1. The molecule has 0 saturated heterocycles. The van der Waals surface area contributed by atoms with Crippen molar-refractivity contribution < 1.29 is 18.0 Å². The summed E-state index contributed by atoms with van der Waals surface area (Å²) in [5, 5.41) is 5.72. The molecule has 1 aliphatic heterocycles. The highest BCUT2D eigenvalue weighted by molar-refractivity contribution is 6.01. The van der Waals surface area contributed by atoms with Gasteiger partial charge in [-0.05, 0) is 42.2 Å². The lowest BCUT2D eigenvalue weighted by Crippen LogP contribution is -2.19. The average molecular weight is 415 g/mol. The molecule has 1 aromatic carbocycles.